The standard InChI is InChI=1S/C23H42N2O2/c1-5-8-10-11-13-17-23(4,16-12-9-6-2)24-22(27)20-15-14-18-25(19-20)21(26)7-3/h7,20H,3,5-6,8-19H2,1-2,4H3,(H,24,27)/t20-,23?/m1/s1. The average molecular weight is 379 g/mol. The van der Waals surface area contributed by atoms with Crippen molar-refractivity contribution in [1.82, 2.24) is 10.2 Å². The van der Waals surface area contributed by atoms with E-state index in [1.54, 1.807) is 4.90 Å². The van der Waals surface area contributed by atoms with Crippen LogP contribution >= 0.6 is 0 Å². The Balaban J connectivity index is 2.61. The number of likely N-dealkylation sites (tertiary alicyclic amines) is 1. The summed E-state index contributed by atoms with van der Waals surface area (Å²) in [5.41, 5.74) is -0.122. The molecule has 0 radical (unpaired) electrons. The third kappa shape index (κ3) is 8.94. The van der Waals surface area contributed by atoms with Gasteiger partial charge in [-0.2, -0.15) is 0 Å². The molecule has 0 aromatic heterocycles. The van der Waals surface area contributed by atoms with E-state index in [1.807, 2.05) is 0 Å². The van der Waals surface area contributed by atoms with Crippen LogP contribution < -0.4 is 5.32 Å². The number of carbonyl (C=O) groups excluding carboxylic acids is 2. The van der Waals surface area contributed by atoms with Crippen LogP contribution in [0.3, 0.4) is 0 Å². The Bertz CT molecular complexity index is 463. The fourth-order valence-corrected chi connectivity index (χ4v) is 4.05. The zero-order valence-electron chi connectivity index (χ0n) is 18.0. The van der Waals surface area contributed by atoms with Gasteiger partial charge in [-0.1, -0.05) is 71.8 Å². The quantitative estimate of drug-likeness (QED) is 0.352. The van der Waals surface area contributed by atoms with Gasteiger partial charge in [-0.25, -0.2) is 0 Å². The van der Waals surface area contributed by atoms with Crippen LogP contribution in [-0.4, -0.2) is 35.3 Å². The topological polar surface area (TPSA) is 49.4 Å². The lowest BCUT2D eigenvalue weighted by Crippen LogP contribution is -2.52. The lowest BCUT2D eigenvalue weighted by molar-refractivity contribution is -0.133. The Morgan fingerprint density at radius 2 is 1.67 bits per heavy atom. The summed E-state index contributed by atoms with van der Waals surface area (Å²) in [5, 5.41) is 3.39. The fraction of sp³-hybridized carbons (Fsp3) is 0.826. The molecule has 0 saturated carbocycles. The maximum absolute atomic E-state index is 13.0. The van der Waals surface area contributed by atoms with Gasteiger partial charge >= 0.3 is 0 Å². The molecule has 2 amide bonds. The van der Waals surface area contributed by atoms with Crippen LogP contribution in [-0.2, 0) is 9.59 Å². The van der Waals surface area contributed by atoms with Gasteiger partial charge in [-0.15, -0.1) is 0 Å². The molecule has 0 aromatic carbocycles. The van der Waals surface area contributed by atoms with E-state index in [-0.39, 0.29) is 23.3 Å². The van der Waals surface area contributed by atoms with Gasteiger partial charge in [-0.3, -0.25) is 9.59 Å². The highest BCUT2D eigenvalue weighted by Crippen LogP contribution is 2.25. The third-order valence-electron chi connectivity index (χ3n) is 5.87. The maximum Gasteiger partial charge on any atom is 0.245 e. The number of rotatable bonds is 13. The molecular weight excluding hydrogens is 336 g/mol. The summed E-state index contributed by atoms with van der Waals surface area (Å²) < 4.78 is 0. The fourth-order valence-electron chi connectivity index (χ4n) is 4.05. The molecule has 1 saturated heterocycles. The molecule has 1 aliphatic heterocycles. The lowest BCUT2D eigenvalue weighted by Gasteiger charge is -2.36. The maximum atomic E-state index is 13.0. The first-order chi connectivity index (χ1) is 13.0. The van der Waals surface area contributed by atoms with Crippen LogP contribution in [0.1, 0.15) is 97.8 Å². The summed E-state index contributed by atoms with van der Waals surface area (Å²) in [6.07, 6.45) is 15.0. The zero-order chi connectivity index (χ0) is 20.1. The highest BCUT2D eigenvalue weighted by atomic mass is 16.2. The highest BCUT2D eigenvalue weighted by Gasteiger charge is 2.32. The summed E-state index contributed by atoms with van der Waals surface area (Å²) in [6.45, 7) is 11.5. The van der Waals surface area contributed by atoms with Crippen LogP contribution in [0.25, 0.3) is 0 Å². The molecule has 156 valence electrons. The van der Waals surface area contributed by atoms with Gasteiger partial charge in [-0.05, 0) is 38.7 Å². The molecule has 27 heavy (non-hydrogen) atoms. The third-order valence-corrected chi connectivity index (χ3v) is 5.87. The number of nitrogens with one attached hydrogen (secondary N) is 1. The lowest BCUT2D eigenvalue weighted by atomic mass is 9.86. The second-order valence-corrected chi connectivity index (χ2v) is 8.50. The SMILES string of the molecule is C=CC(=O)N1CCC[C@@H](C(=O)NC(C)(CCCCC)CCCCCCC)C1. The summed E-state index contributed by atoms with van der Waals surface area (Å²) in [5.74, 6) is -0.0218. The first-order valence-corrected chi connectivity index (χ1v) is 11.2. The number of unbranched alkanes of at least 4 members (excludes halogenated alkanes) is 6. The molecule has 1 aliphatic rings. The van der Waals surface area contributed by atoms with Crippen molar-refractivity contribution in [2.45, 2.75) is 103 Å². The average Bonchev–Trinajstić information content (AvgIpc) is 2.67. The molecule has 1 N–H and O–H groups in total. The molecule has 0 aliphatic carbocycles. The van der Waals surface area contributed by atoms with Crippen molar-refractivity contribution in [3.05, 3.63) is 12.7 Å². The van der Waals surface area contributed by atoms with Gasteiger partial charge in [0.15, 0.2) is 0 Å². The van der Waals surface area contributed by atoms with Crippen molar-refractivity contribution >= 4 is 11.8 Å². The van der Waals surface area contributed by atoms with Crippen LogP contribution in [0.5, 0.6) is 0 Å². The minimum atomic E-state index is -0.122. The second kappa shape index (κ2) is 13.0. The van der Waals surface area contributed by atoms with Crippen LogP contribution in [0.15, 0.2) is 12.7 Å². The summed E-state index contributed by atoms with van der Waals surface area (Å²) in [6, 6.07) is 0. The number of hydrogen-bond acceptors (Lipinski definition) is 2. The van der Waals surface area contributed by atoms with E-state index in [4.69, 9.17) is 0 Å². The van der Waals surface area contributed by atoms with E-state index in [2.05, 4.69) is 32.7 Å². The van der Waals surface area contributed by atoms with Gasteiger partial charge in [0, 0.05) is 18.6 Å². The van der Waals surface area contributed by atoms with Gasteiger partial charge in [0.05, 0.1) is 5.92 Å². The first-order valence-electron chi connectivity index (χ1n) is 11.2. The smallest absolute Gasteiger partial charge is 0.245 e. The van der Waals surface area contributed by atoms with Gasteiger partial charge in [0.1, 0.15) is 0 Å². The summed E-state index contributed by atoms with van der Waals surface area (Å²) in [4.78, 5) is 26.6. The molecule has 0 aromatic rings. The Labute approximate surface area is 167 Å². The predicted octanol–water partition coefficient (Wildman–Crippen LogP) is 5.23. The highest BCUT2D eigenvalue weighted by molar-refractivity contribution is 5.88. The predicted molar refractivity (Wildman–Crippen MR) is 114 cm³/mol. The number of carbonyl (C=O) groups is 2. The number of amides is 2. The van der Waals surface area contributed by atoms with E-state index in [9.17, 15) is 9.59 Å². The minimum absolute atomic E-state index is 0.0610. The minimum Gasteiger partial charge on any atom is -0.351 e. The number of piperidine rings is 1. The molecule has 1 fully saturated rings. The largest absolute Gasteiger partial charge is 0.351 e. The summed E-state index contributed by atoms with van der Waals surface area (Å²) >= 11 is 0. The summed E-state index contributed by atoms with van der Waals surface area (Å²) in [7, 11) is 0. The van der Waals surface area contributed by atoms with Crippen molar-refractivity contribution in [3.63, 3.8) is 0 Å². The monoisotopic (exact) mass is 378 g/mol. The molecule has 4 nitrogen and oxygen atoms in total. The van der Waals surface area contributed by atoms with Crippen LogP contribution in [0.4, 0.5) is 0 Å². The molecule has 0 spiro atoms. The van der Waals surface area contributed by atoms with Crippen molar-refractivity contribution in [2.24, 2.45) is 5.92 Å². The molecule has 4 heteroatoms. The number of hydrogen-bond donors (Lipinski definition) is 1. The molecule has 1 rings (SSSR count). The van der Waals surface area contributed by atoms with E-state index in [0.29, 0.717) is 6.54 Å². The Kier molecular flexibility index (Phi) is 11.4. The Morgan fingerprint density at radius 3 is 2.30 bits per heavy atom. The van der Waals surface area contributed by atoms with Crippen molar-refractivity contribution in [2.75, 3.05) is 13.1 Å². The van der Waals surface area contributed by atoms with E-state index in [0.717, 1.165) is 38.6 Å². The molecular formula is C23H42N2O2. The zero-order valence-corrected chi connectivity index (χ0v) is 18.0. The van der Waals surface area contributed by atoms with Gasteiger partial charge in [0.2, 0.25) is 11.8 Å². The molecule has 1 heterocycles. The molecule has 0 bridgehead atoms. The van der Waals surface area contributed by atoms with Crippen LogP contribution in [0, 0.1) is 5.92 Å². The van der Waals surface area contributed by atoms with Gasteiger partial charge < -0.3 is 10.2 Å². The number of nitrogens with zero attached hydrogens (tertiary/aromatic N) is 1. The normalized spacial score (nSPS) is 19.4. The van der Waals surface area contributed by atoms with E-state index in [1.165, 1.54) is 51.0 Å². The Hall–Kier alpha value is -1.32. The van der Waals surface area contributed by atoms with Crippen LogP contribution in [0.2, 0.25) is 0 Å². The first kappa shape index (κ1) is 23.7. The van der Waals surface area contributed by atoms with E-state index >= 15 is 0 Å². The van der Waals surface area contributed by atoms with Crippen molar-refractivity contribution in [3.8, 4) is 0 Å². The van der Waals surface area contributed by atoms with Crippen molar-refractivity contribution in [1.29, 1.82) is 0 Å². The van der Waals surface area contributed by atoms with Crippen molar-refractivity contribution < 1.29 is 9.59 Å². The van der Waals surface area contributed by atoms with Gasteiger partial charge in [0.25, 0.3) is 0 Å². The van der Waals surface area contributed by atoms with E-state index < -0.39 is 0 Å². The second-order valence-electron chi connectivity index (χ2n) is 8.50. The molecule has 1 unspecified atom stereocenters. The Morgan fingerprint density at radius 1 is 1.07 bits per heavy atom. The molecule has 2 atom stereocenters.